The van der Waals surface area contributed by atoms with Crippen LogP contribution >= 0.6 is 11.3 Å². The second kappa shape index (κ2) is 13.4. The van der Waals surface area contributed by atoms with E-state index in [1.807, 2.05) is 4.90 Å². The van der Waals surface area contributed by atoms with E-state index in [-0.39, 0.29) is 23.3 Å². The molecule has 226 valence electrons. The molecule has 0 bridgehead atoms. The van der Waals surface area contributed by atoms with Crippen molar-refractivity contribution in [2.45, 2.75) is 68.2 Å². The third-order valence-corrected chi connectivity index (χ3v) is 10.6. The van der Waals surface area contributed by atoms with Gasteiger partial charge in [-0.2, -0.15) is 0 Å². The largest absolute Gasteiger partial charge is 0.481 e. The number of likely N-dealkylation sites (tertiary alicyclic amines) is 1. The average Bonchev–Trinajstić information content (AvgIpc) is 3.64. The number of amides is 1. The molecular formula is C29H37N5O6S2. The second-order valence-electron chi connectivity index (χ2n) is 11.1. The number of carboxylic acids is 1. The van der Waals surface area contributed by atoms with Gasteiger partial charge in [0.2, 0.25) is 21.8 Å². The highest BCUT2D eigenvalue weighted by Gasteiger charge is 2.29. The van der Waals surface area contributed by atoms with E-state index in [0.29, 0.717) is 66.2 Å². The van der Waals surface area contributed by atoms with Gasteiger partial charge in [-0.3, -0.25) is 9.59 Å². The number of nitrogens with zero attached hydrogens (tertiary/aromatic N) is 3. The molecule has 2 fully saturated rings. The lowest BCUT2D eigenvalue weighted by Crippen LogP contribution is -2.45. The first kappa shape index (κ1) is 30.3. The zero-order valence-corrected chi connectivity index (χ0v) is 25.3. The normalized spacial score (nSPS) is 17.8. The summed E-state index contributed by atoms with van der Waals surface area (Å²) in [5.41, 5.74) is 1.45. The van der Waals surface area contributed by atoms with Crippen molar-refractivity contribution in [1.82, 2.24) is 19.6 Å². The van der Waals surface area contributed by atoms with Gasteiger partial charge in [-0.05, 0) is 62.0 Å². The van der Waals surface area contributed by atoms with Gasteiger partial charge in [0.1, 0.15) is 10.3 Å². The number of pyridine rings is 1. The highest BCUT2D eigenvalue weighted by Crippen LogP contribution is 2.36. The molecule has 1 saturated carbocycles. The minimum absolute atomic E-state index is 0.0789. The minimum atomic E-state index is -3.75. The highest BCUT2D eigenvalue weighted by atomic mass is 32.2. The summed E-state index contributed by atoms with van der Waals surface area (Å²) in [5.74, 6) is -0.527. The molecule has 3 aromatic rings. The smallest absolute Gasteiger partial charge is 0.304 e. The lowest BCUT2D eigenvalue weighted by Gasteiger charge is -2.31. The molecule has 0 spiro atoms. The Morgan fingerprint density at radius 3 is 2.45 bits per heavy atom. The van der Waals surface area contributed by atoms with Crippen molar-refractivity contribution in [3.05, 3.63) is 42.0 Å². The molecule has 2 aliphatic rings. The summed E-state index contributed by atoms with van der Waals surface area (Å²) in [6.45, 7) is 1.77. The number of hydrogen-bond acceptors (Lipinski definition) is 9. The molecule has 11 nitrogen and oxygen atoms in total. The third kappa shape index (κ3) is 7.63. The molecule has 1 saturated heterocycles. The number of sulfonamides is 1. The van der Waals surface area contributed by atoms with Crippen LogP contribution in [0.15, 0.2) is 41.3 Å². The van der Waals surface area contributed by atoms with Gasteiger partial charge in [0.15, 0.2) is 5.13 Å². The van der Waals surface area contributed by atoms with E-state index < -0.39 is 21.9 Å². The van der Waals surface area contributed by atoms with E-state index in [4.69, 9.17) is 9.84 Å². The average molecular weight is 616 g/mol. The zero-order chi connectivity index (χ0) is 29.7. The van der Waals surface area contributed by atoms with Gasteiger partial charge in [0.05, 0.1) is 24.3 Å². The molecular weight excluding hydrogens is 578 g/mol. The van der Waals surface area contributed by atoms with E-state index >= 15 is 0 Å². The zero-order valence-electron chi connectivity index (χ0n) is 23.6. The molecule has 13 heteroatoms. The number of nitrogens with one attached hydrogen (secondary N) is 2. The van der Waals surface area contributed by atoms with Gasteiger partial charge >= 0.3 is 5.97 Å². The maximum absolute atomic E-state index is 13.6. The number of aromatic nitrogens is 2. The third-order valence-electron chi connectivity index (χ3n) is 8.17. The Kier molecular flexibility index (Phi) is 9.71. The van der Waals surface area contributed by atoms with E-state index in [0.717, 1.165) is 31.2 Å². The Labute approximate surface area is 249 Å². The molecule has 5 rings (SSSR count). The number of carbonyl (C=O) groups is 2. The van der Waals surface area contributed by atoms with Gasteiger partial charge in [-0.25, -0.2) is 23.1 Å². The fourth-order valence-corrected chi connectivity index (χ4v) is 7.97. The number of thiazole rings is 1. The van der Waals surface area contributed by atoms with Crippen LogP contribution in [0.4, 0.5) is 5.13 Å². The van der Waals surface area contributed by atoms with Crippen LogP contribution in [0.25, 0.3) is 10.3 Å². The quantitative estimate of drug-likeness (QED) is 0.272. The molecule has 2 aromatic heterocycles. The Hall–Kier alpha value is -3.13. The Balaban J connectivity index is 1.26. The van der Waals surface area contributed by atoms with Crippen LogP contribution in [0, 0.1) is 5.92 Å². The summed E-state index contributed by atoms with van der Waals surface area (Å²) in [5, 5.41) is 12.3. The maximum atomic E-state index is 13.6. The van der Waals surface area contributed by atoms with Crippen molar-refractivity contribution < 1.29 is 27.9 Å². The highest BCUT2D eigenvalue weighted by molar-refractivity contribution is 7.89. The summed E-state index contributed by atoms with van der Waals surface area (Å²) in [4.78, 5) is 36.2. The van der Waals surface area contributed by atoms with E-state index in [1.165, 1.54) is 11.3 Å². The van der Waals surface area contributed by atoms with Crippen LogP contribution in [0.1, 0.15) is 62.8 Å². The predicted molar refractivity (Wildman–Crippen MR) is 160 cm³/mol. The number of fused-ring (bicyclic) bond motifs is 1. The van der Waals surface area contributed by atoms with Gasteiger partial charge in [0.25, 0.3) is 0 Å². The number of piperidine rings is 1. The summed E-state index contributed by atoms with van der Waals surface area (Å²) >= 11 is 1.29. The van der Waals surface area contributed by atoms with Gasteiger partial charge in [-0.15, -0.1) is 0 Å². The molecule has 0 radical (unpaired) electrons. The fraction of sp³-hybridized carbons (Fsp3) is 0.517. The second-order valence-corrected chi connectivity index (χ2v) is 13.8. The van der Waals surface area contributed by atoms with Crippen LogP contribution in [0.2, 0.25) is 0 Å². The van der Waals surface area contributed by atoms with Crippen molar-refractivity contribution in [1.29, 1.82) is 0 Å². The monoisotopic (exact) mass is 615 g/mol. The Morgan fingerprint density at radius 1 is 1.07 bits per heavy atom. The summed E-state index contributed by atoms with van der Waals surface area (Å²) in [6, 6.07) is 9.96. The SMILES string of the molecule is COc1ccc2nc(NC(=O)C(CC3CCCC3)c3ccc(S(=O)(=O)NC4CCN(CCC(=O)O)CC4)cc3)sc2n1. The summed E-state index contributed by atoms with van der Waals surface area (Å²) in [7, 11) is -2.20. The number of methoxy groups -OCH3 is 1. The Bertz CT molecular complexity index is 1500. The van der Waals surface area contributed by atoms with Crippen LogP contribution in [-0.4, -0.2) is 73.1 Å². The fourth-order valence-electron chi connectivity index (χ4n) is 5.83. The van der Waals surface area contributed by atoms with Crippen molar-refractivity contribution in [3.63, 3.8) is 0 Å². The molecule has 3 N–H and O–H groups in total. The van der Waals surface area contributed by atoms with Gasteiger partial charge in [-0.1, -0.05) is 49.2 Å². The number of ether oxygens (including phenoxy) is 1. The van der Waals surface area contributed by atoms with Crippen molar-refractivity contribution in [2.75, 3.05) is 32.1 Å². The number of carbonyl (C=O) groups excluding carboxylic acids is 1. The van der Waals surface area contributed by atoms with Gasteiger partial charge in [0, 0.05) is 18.7 Å². The van der Waals surface area contributed by atoms with E-state index in [9.17, 15) is 18.0 Å². The van der Waals surface area contributed by atoms with Crippen LogP contribution < -0.4 is 14.8 Å². The number of benzene rings is 1. The molecule has 3 heterocycles. The predicted octanol–water partition coefficient (Wildman–Crippen LogP) is 4.22. The van der Waals surface area contributed by atoms with Crippen LogP contribution in [0.5, 0.6) is 5.88 Å². The molecule has 1 aromatic carbocycles. The minimum Gasteiger partial charge on any atom is -0.481 e. The number of carboxylic acid groups (broad SMARTS) is 1. The molecule has 42 heavy (non-hydrogen) atoms. The summed E-state index contributed by atoms with van der Waals surface area (Å²) in [6.07, 6.45) is 6.49. The molecule has 1 atom stereocenters. The molecule has 1 amide bonds. The first-order chi connectivity index (χ1) is 20.2. The van der Waals surface area contributed by atoms with E-state index in [1.54, 1.807) is 43.5 Å². The van der Waals surface area contributed by atoms with Crippen molar-refractivity contribution in [3.8, 4) is 5.88 Å². The maximum Gasteiger partial charge on any atom is 0.304 e. The number of aliphatic carboxylic acids is 1. The lowest BCUT2D eigenvalue weighted by molar-refractivity contribution is -0.137. The first-order valence-electron chi connectivity index (χ1n) is 14.4. The van der Waals surface area contributed by atoms with Crippen LogP contribution in [-0.2, 0) is 19.6 Å². The molecule has 1 unspecified atom stereocenters. The Morgan fingerprint density at radius 2 is 1.79 bits per heavy atom. The van der Waals surface area contributed by atoms with Gasteiger partial charge < -0.3 is 20.1 Å². The van der Waals surface area contributed by atoms with Crippen molar-refractivity contribution >= 4 is 48.7 Å². The number of rotatable bonds is 12. The summed E-state index contributed by atoms with van der Waals surface area (Å²) < 4.78 is 34.3. The first-order valence-corrected chi connectivity index (χ1v) is 16.7. The topological polar surface area (TPSA) is 151 Å². The molecule has 1 aliphatic heterocycles. The van der Waals surface area contributed by atoms with E-state index in [2.05, 4.69) is 20.0 Å². The lowest BCUT2D eigenvalue weighted by atomic mass is 9.87. The van der Waals surface area contributed by atoms with Crippen LogP contribution in [0.3, 0.4) is 0 Å². The van der Waals surface area contributed by atoms with Crippen molar-refractivity contribution in [2.24, 2.45) is 5.92 Å². The standard InChI is InChI=1S/C29H37N5O6S2/c1-40-25-11-10-24-28(31-25)41-29(30-24)32-27(37)23(18-19-4-2-3-5-19)20-6-8-22(9-7-20)42(38,39)33-21-12-15-34(16-13-21)17-14-26(35)36/h6-11,19,21,23,33H,2-5,12-18H2,1H3,(H,35,36)(H,30,32,37). The number of hydrogen-bond donors (Lipinski definition) is 3. The molecule has 1 aliphatic carbocycles. The number of anilines is 1.